The van der Waals surface area contributed by atoms with E-state index in [9.17, 15) is 9.59 Å². The summed E-state index contributed by atoms with van der Waals surface area (Å²) in [6.07, 6.45) is 1.44. The minimum absolute atomic E-state index is 0.0159. The highest BCUT2D eigenvalue weighted by molar-refractivity contribution is 5.94. The highest BCUT2D eigenvalue weighted by atomic mass is 16.2. The molecule has 4 nitrogen and oxygen atoms in total. The molecule has 3 rings (SSSR count). The van der Waals surface area contributed by atoms with Gasteiger partial charge in [0.25, 0.3) is 5.91 Å². The molecule has 4 heteroatoms. The van der Waals surface area contributed by atoms with E-state index in [1.807, 2.05) is 55.1 Å². The number of hydrogen-bond acceptors (Lipinski definition) is 2. The third-order valence-corrected chi connectivity index (χ3v) is 5.62. The number of aryl methyl sites for hydroxylation is 3. The number of piperidine rings is 1. The number of hydrogen-bond donors (Lipinski definition) is 1. The van der Waals surface area contributed by atoms with Gasteiger partial charge in [-0.05, 0) is 68.0 Å². The van der Waals surface area contributed by atoms with Crippen molar-refractivity contribution in [1.82, 2.24) is 10.2 Å². The van der Waals surface area contributed by atoms with Crippen molar-refractivity contribution in [2.24, 2.45) is 5.92 Å². The van der Waals surface area contributed by atoms with Crippen molar-refractivity contribution in [3.63, 3.8) is 0 Å². The van der Waals surface area contributed by atoms with Crippen LogP contribution in [-0.2, 0) is 11.3 Å². The first-order valence-electron chi connectivity index (χ1n) is 9.64. The van der Waals surface area contributed by atoms with Crippen LogP contribution in [0.1, 0.15) is 45.5 Å². The molecule has 2 aromatic carbocycles. The van der Waals surface area contributed by atoms with E-state index in [4.69, 9.17) is 0 Å². The molecule has 1 fully saturated rings. The van der Waals surface area contributed by atoms with Crippen LogP contribution in [0.2, 0.25) is 0 Å². The molecule has 0 bridgehead atoms. The second-order valence-corrected chi connectivity index (χ2v) is 7.51. The van der Waals surface area contributed by atoms with Gasteiger partial charge in [-0.25, -0.2) is 0 Å². The first kappa shape index (κ1) is 19.2. The predicted molar refractivity (Wildman–Crippen MR) is 108 cm³/mol. The van der Waals surface area contributed by atoms with Gasteiger partial charge in [-0.1, -0.05) is 30.3 Å². The molecule has 0 atom stereocenters. The van der Waals surface area contributed by atoms with E-state index in [2.05, 4.69) is 18.3 Å². The first-order chi connectivity index (χ1) is 13.0. The number of likely N-dealkylation sites (tertiary alicyclic amines) is 1. The van der Waals surface area contributed by atoms with Crippen LogP contribution < -0.4 is 5.32 Å². The molecular formula is C23H28N2O2. The lowest BCUT2D eigenvalue weighted by atomic mass is 9.95. The number of carbonyl (C=O) groups is 2. The van der Waals surface area contributed by atoms with E-state index in [-0.39, 0.29) is 17.7 Å². The molecule has 2 amide bonds. The van der Waals surface area contributed by atoms with Crippen LogP contribution in [0.15, 0.2) is 42.5 Å². The maximum Gasteiger partial charge on any atom is 0.253 e. The summed E-state index contributed by atoms with van der Waals surface area (Å²) in [7, 11) is 0. The number of nitrogens with zero attached hydrogens (tertiary/aromatic N) is 1. The molecule has 0 radical (unpaired) electrons. The average molecular weight is 364 g/mol. The van der Waals surface area contributed by atoms with Gasteiger partial charge in [0.1, 0.15) is 0 Å². The maximum absolute atomic E-state index is 12.7. The number of rotatable bonds is 4. The van der Waals surface area contributed by atoms with Crippen LogP contribution in [0, 0.1) is 26.7 Å². The summed E-state index contributed by atoms with van der Waals surface area (Å²) < 4.78 is 0. The van der Waals surface area contributed by atoms with Crippen molar-refractivity contribution in [2.75, 3.05) is 13.1 Å². The van der Waals surface area contributed by atoms with E-state index in [1.165, 1.54) is 11.1 Å². The molecule has 2 aromatic rings. The van der Waals surface area contributed by atoms with Crippen LogP contribution in [0.3, 0.4) is 0 Å². The lowest BCUT2D eigenvalue weighted by Crippen LogP contribution is -2.43. The Kier molecular flexibility index (Phi) is 5.94. The molecule has 142 valence electrons. The molecule has 1 heterocycles. The van der Waals surface area contributed by atoms with Crippen LogP contribution >= 0.6 is 0 Å². The summed E-state index contributed by atoms with van der Waals surface area (Å²) in [5.74, 6) is 0.145. The van der Waals surface area contributed by atoms with Gasteiger partial charge in [-0.3, -0.25) is 9.59 Å². The van der Waals surface area contributed by atoms with Gasteiger partial charge in [-0.15, -0.1) is 0 Å². The Morgan fingerprint density at radius 3 is 2.33 bits per heavy atom. The smallest absolute Gasteiger partial charge is 0.253 e. The number of carbonyl (C=O) groups excluding carboxylic acids is 2. The van der Waals surface area contributed by atoms with E-state index in [1.54, 1.807) is 0 Å². The van der Waals surface area contributed by atoms with Crippen molar-refractivity contribution in [3.05, 3.63) is 70.3 Å². The fourth-order valence-electron chi connectivity index (χ4n) is 3.54. The minimum atomic E-state index is -0.0159. The number of nitrogens with one attached hydrogen (secondary N) is 1. The Morgan fingerprint density at radius 1 is 0.963 bits per heavy atom. The Balaban J connectivity index is 1.52. The fourth-order valence-corrected chi connectivity index (χ4v) is 3.54. The van der Waals surface area contributed by atoms with Crippen LogP contribution in [0.4, 0.5) is 0 Å². The van der Waals surface area contributed by atoms with E-state index < -0.39 is 0 Å². The van der Waals surface area contributed by atoms with Gasteiger partial charge >= 0.3 is 0 Å². The Bertz CT molecular complexity index is 836. The molecule has 0 aromatic heterocycles. The predicted octanol–water partition coefficient (Wildman–Crippen LogP) is 3.78. The van der Waals surface area contributed by atoms with E-state index in [0.717, 1.165) is 29.5 Å². The zero-order valence-corrected chi connectivity index (χ0v) is 16.4. The van der Waals surface area contributed by atoms with Gasteiger partial charge in [0.15, 0.2) is 0 Å². The largest absolute Gasteiger partial charge is 0.352 e. The lowest BCUT2D eigenvalue weighted by Gasteiger charge is -2.31. The number of amides is 2. The Hall–Kier alpha value is -2.62. The summed E-state index contributed by atoms with van der Waals surface area (Å²) in [6.45, 7) is 7.95. The van der Waals surface area contributed by atoms with Gasteiger partial charge in [-0.2, -0.15) is 0 Å². The van der Waals surface area contributed by atoms with E-state index >= 15 is 0 Å². The van der Waals surface area contributed by atoms with Crippen LogP contribution in [-0.4, -0.2) is 29.8 Å². The van der Waals surface area contributed by atoms with E-state index in [0.29, 0.717) is 19.6 Å². The topological polar surface area (TPSA) is 49.4 Å². The summed E-state index contributed by atoms with van der Waals surface area (Å²) in [6, 6.07) is 13.9. The Morgan fingerprint density at radius 2 is 1.67 bits per heavy atom. The molecule has 1 aliphatic heterocycles. The zero-order valence-electron chi connectivity index (χ0n) is 16.4. The maximum atomic E-state index is 12.7. The van der Waals surface area contributed by atoms with Crippen LogP contribution in [0.25, 0.3) is 0 Å². The monoisotopic (exact) mass is 364 g/mol. The average Bonchev–Trinajstić information content (AvgIpc) is 2.69. The second kappa shape index (κ2) is 8.38. The summed E-state index contributed by atoms with van der Waals surface area (Å²) >= 11 is 0. The molecule has 0 saturated carbocycles. The molecule has 1 saturated heterocycles. The molecule has 0 spiro atoms. The van der Waals surface area contributed by atoms with Crippen molar-refractivity contribution in [1.29, 1.82) is 0 Å². The SMILES string of the molecule is Cc1ccc(C(=O)N2CCC(C(=O)NCc3ccccc3C)CC2)cc1C. The first-order valence-corrected chi connectivity index (χ1v) is 9.64. The lowest BCUT2D eigenvalue weighted by molar-refractivity contribution is -0.126. The van der Waals surface area contributed by atoms with Crippen molar-refractivity contribution < 1.29 is 9.59 Å². The minimum Gasteiger partial charge on any atom is -0.352 e. The van der Waals surface area contributed by atoms with Crippen LogP contribution in [0.5, 0.6) is 0 Å². The fraction of sp³-hybridized carbons (Fsp3) is 0.391. The second-order valence-electron chi connectivity index (χ2n) is 7.51. The van der Waals surface area contributed by atoms with Gasteiger partial charge in [0.2, 0.25) is 5.91 Å². The van der Waals surface area contributed by atoms with Gasteiger partial charge in [0, 0.05) is 31.1 Å². The summed E-state index contributed by atoms with van der Waals surface area (Å²) in [5, 5.41) is 3.06. The normalized spacial score (nSPS) is 14.9. The summed E-state index contributed by atoms with van der Waals surface area (Å²) in [4.78, 5) is 27.1. The quantitative estimate of drug-likeness (QED) is 0.897. The summed E-state index contributed by atoms with van der Waals surface area (Å²) in [5.41, 5.74) is 5.39. The van der Waals surface area contributed by atoms with Crippen molar-refractivity contribution >= 4 is 11.8 Å². The highest BCUT2D eigenvalue weighted by Gasteiger charge is 2.27. The van der Waals surface area contributed by atoms with Crippen molar-refractivity contribution in [3.8, 4) is 0 Å². The zero-order chi connectivity index (χ0) is 19.4. The molecular weight excluding hydrogens is 336 g/mol. The van der Waals surface area contributed by atoms with Gasteiger partial charge in [0.05, 0.1) is 0 Å². The molecule has 0 aliphatic carbocycles. The van der Waals surface area contributed by atoms with Gasteiger partial charge < -0.3 is 10.2 Å². The third kappa shape index (κ3) is 4.57. The van der Waals surface area contributed by atoms with Crippen molar-refractivity contribution in [2.45, 2.75) is 40.2 Å². The Labute approximate surface area is 161 Å². The third-order valence-electron chi connectivity index (χ3n) is 5.62. The molecule has 1 aliphatic rings. The number of benzene rings is 2. The highest BCUT2D eigenvalue weighted by Crippen LogP contribution is 2.20. The molecule has 0 unspecified atom stereocenters. The molecule has 27 heavy (non-hydrogen) atoms. The standard InChI is InChI=1S/C23H28N2O2/c1-16-8-9-20(14-18(16)3)23(27)25-12-10-19(11-13-25)22(26)24-15-21-7-5-4-6-17(21)2/h4-9,14,19H,10-13,15H2,1-3H3,(H,24,26). The molecule has 1 N–H and O–H groups in total.